The number of alkyl halides is 11. The monoisotopic (exact) mass is 488 g/mol. The van der Waals surface area contributed by atoms with E-state index in [0.717, 1.165) is 5.56 Å². The topological polar surface area (TPSA) is 29.5 Å². The van der Waals surface area contributed by atoms with Crippen LogP contribution in [0.2, 0.25) is 0 Å². The van der Waals surface area contributed by atoms with Gasteiger partial charge < -0.3 is 9.84 Å². The van der Waals surface area contributed by atoms with E-state index in [4.69, 9.17) is 0 Å². The molecule has 1 atom stereocenters. The molecule has 32 heavy (non-hydrogen) atoms. The first kappa shape index (κ1) is 28.1. The third kappa shape index (κ3) is 5.36. The van der Waals surface area contributed by atoms with Crippen molar-refractivity contribution in [1.82, 2.24) is 0 Å². The lowest BCUT2D eigenvalue weighted by Gasteiger charge is -2.37. The summed E-state index contributed by atoms with van der Waals surface area (Å²) in [7, 11) is 0. The van der Waals surface area contributed by atoms with Crippen LogP contribution in [0.3, 0.4) is 0 Å². The predicted molar refractivity (Wildman–Crippen MR) is 91.3 cm³/mol. The number of halogens is 11. The highest BCUT2D eigenvalue weighted by atomic mass is 19.4. The largest absolute Gasteiger partial charge is 0.460 e. The van der Waals surface area contributed by atoms with Crippen LogP contribution in [0.25, 0.3) is 0 Å². The van der Waals surface area contributed by atoms with Crippen LogP contribution in [0.4, 0.5) is 48.3 Å². The molecule has 0 aliphatic carbocycles. The molecular weight excluding hydrogens is 469 g/mol. The van der Waals surface area contributed by atoms with Gasteiger partial charge in [-0.3, -0.25) is 0 Å². The number of hydrogen-bond donors (Lipinski definition) is 1. The first-order valence-corrected chi connectivity index (χ1v) is 8.76. The molecule has 1 aromatic carbocycles. The Bertz CT molecular complexity index is 816. The summed E-state index contributed by atoms with van der Waals surface area (Å²) < 4.78 is 146. The number of aryl methyl sites for hydroxylation is 2. The molecule has 0 spiro atoms. The minimum atomic E-state index is -7.47. The van der Waals surface area contributed by atoms with Crippen molar-refractivity contribution in [1.29, 1.82) is 0 Å². The van der Waals surface area contributed by atoms with E-state index in [9.17, 15) is 53.4 Å². The average Bonchev–Trinajstić information content (AvgIpc) is 2.59. The van der Waals surface area contributed by atoms with Crippen LogP contribution >= 0.6 is 0 Å². The molecular formula is C19H19F11O2. The van der Waals surface area contributed by atoms with E-state index in [0.29, 0.717) is 11.1 Å². The summed E-state index contributed by atoms with van der Waals surface area (Å²) in [5, 5.41) is 10.1. The Morgan fingerprint density at radius 3 is 1.91 bits per heavy atom. The standard InChI is InChI=1S/C19H19F11O2/c1-10-4-5-13(12(3)6-10)14(31)7-11(2)8-32-9-15(20,21)16(22,23)17(24,25)18(26,27)19(28,29)30/h4-6,14,31H,2,7-9H2,1,3H3. The maximum absolute atomic E-state index is 13.5. The summed E-state index contributed by atoms with van der Waals surface area (Å²) in [5.74, 6) is -28.1. The summed E-state index contributed by atoms with van der Waals surface area (Å²) >= 11 is 0. The Labute approximate surface area is 175 Å². The first-order chi connectivity index (χ1) is 14.2. The van der Waals surface area contributed by atoms with Gasteiger partial charge in [0.1, 0.15) is 6.61 Å². The molecule has 0 aromatic heterocycles. The highest BCUT2D eigenvalue weighted by Gasteiger charge is 2.87. The summed E-state index contributed by atoms with van der Waals surface area (Å²) in [5.41, 5.74) is 1.79. The molecule has 1 unspecified atom stereocenters. The Hall–Kier alpha value is -1.89. The molecule has 1 rings (SSSR count). The summed E-state index contributed by atoms with van der Waals surface area (Å²) in [6, 6.07) is 4.93. The number of ether oxygens (including phenoxy) is 1. The van der Waals surface area contributed by atoms with Gasteiger partial charge in [0.05, 0.1) is 12.7 Å². The highest BCUT2D eigenvalue weighted by molar-refractivity contribution is 5.32. The Balaban J connectivity index is 2.82. The third-order valence-corrected chi connectivity index (χ3v) is 4.46. The molecule has 0 aliphatic heterocycles. The van der Waals surface area contributed by atoms with Crippen LogP contribution in [-0.2, 0) is 4.74 Å². The zero-order valence-electron chi connectivity index (χ0n) is 16.7. The molecule has 1 aromatic rings. The molecule has 0 fully saturated rings. The predicted octanol–water partition coefficient (Wildman–Crippen LogP) is 6.40. The van der Waals surface area contributed by atoms with Gasteiger partial charge in [-0.1, -0.05) is 30.3 Å². The van der Waals surface area contributed by atoms with Crippen molar-refractivity contribution < 1.29 is 58.1 Å². The summed E-state index contributed by atoms with van der Waals surface area (Å²) in [4.78, 5) is 0. The summed E-state index contributed by atoms with van der Waals surface area (Å²) in [6.45, 7) is 3.17. The van der Waals surface area contributed by atoms with Crippen molar-refractivity contribution in [3.05, 3.63) is 47.0 Å². The van der Waals surface area contributed by atoms with E-state index in [1.807, 2.05) is 0 Å². The van der Waals surface area contributed by atoms with Gasteiger partial charge in [-0.25, -0.2) is 0 Å². The molecule has 0 saturated heterocycles. The molecule has 0 radical (unpaired) electrons. The van der Waals surface area contributed by atoms with Gasteiger partial charge >= 0.3 is 29.9 Å². The fourth-order valence-electron chi connectivity index (χ4n) is 2.66. The van der Waals surface area contributed by atoms with E-state index in [1.54, 1.807) is 32.0 Å². The molecule has 0 aliphatic rings. The van der Waals surface area contributed by atoms with Gasteiger partial charge in [0.25, 0.3) is 0 Å². The van der Waals surface area contributed by atoms with Gasteiger partial charge in [-0.15, -0.1) is 0 Å². The van der Waals surface area contributed by atoms with E-state index < -0.39 is 49.2 Å². The lowest BCUT2D eigenvalue weighted by atomic mass is 9.97. The fourth-order valence-corrected chi connectivity index (χ4v) is 2.66. The van der Waals surface area contributed by atoms with Crippen LogP contribution in [0, 0.1) is 13.8 Å². The van der Waals surface area contributed by atoms with E-state index in [1.165, 1.54) is 0 Å². The number of hydrogen-bond acceptors (Lipinski definition) is 2. The normalized spacial score (nSPS) is 15.1. The summed E-state index contributed by atoms with van der Waals surface area (Å²) in [6.07, 6.45) is -8.76. The van der Waals surface area contributed by atoms with Crippen LogP contribution < -0.4 is 0 Å². The van der Waals surface area contributed by atoms with Gasteiger partial charge in [0.15, 0.2) is 0 Å². The number of rotatable bonds is 10. The molecule has 2 nitrogen and oxygen atoms in total. The van der Waals surface area contributed by atoms with Crippen LogP contribution in [0.15, 0.2) is 30.4 Å². The van der Waals surface area contributed by atoms with Crippen molar-refractivity contribution >= 4 is 0 Å². The van der Waals surface area contributed by atoms with Crippen LogP contribution in [-0.4, -0.2) is 48.2 Å². The second kappa shape index (κ2) is 9.16. The molecule has 0 saturated carbocycles. The number of aliphatic hydroxyl groups excluding tert-OH is 1. The second-order valence-electron chi connectivity index (χ2n) is 7.25. The van der Waals surface area contributed by atoms with Crippen molar-refractivity contribution in [2.75, 3.05) is 13.2 Å². The van der Waals surface area contributed by atoms with Gasteiger partial charge in [0, 0.05) is 6.42 Å². The highest BCUT2D eigenvalue weighted by Crippen LogP contribution is 2.57. The molecule has 184 valence electrons. The quantitative estimate of drug-likeness (QED) is 0.305. The Kier molecular flexibility index (Phi) is 8.06. The lowest BCUT2D eigenvalue weighted by molar-refractivity contribution is -0.424. The minimum Gasteiger partial charge on any atom is -0.388 e. The van der Waals surface area contributed by atoms with Crippen LogP contribution in [0.1, 0.15) is 29.2 Å². The van der Waals surface area contributed by atoms with Crippen LogP contribution in [0.5, 0.6) is 0 Å². The van der Waals surface area contributed by atoms with E-state index >= 15 is 0 Å². The van der Waals surface area contributed by atoms with Crippen molar-refractivity contribution in [3.63, 3.8) is 0 Å². The number of aliphatic hydroxyl groups is 1. The van der Waals surface area contributed by atoms with Gasteiger partial charge in [-0.05, 0) is 30.5 Å². The Morgan fingerprint density at radius 2 is 1.44 bits per heavy atom. The van der Waals surface area contributed by atoms with Crippen molar-refractivity contribution in [2.45, 2.75) is 56.2 Å². The minimum absolute atomic E-state index is 0.163. The zero-order valence-corrected chi connectivity index (χ0v) is 16.7. The molecule has 0 heterocycles. The lowest BCUT2D eigenvalue weighted by Crippen LogP contribution is -2.67. The average molecular weight is 488 g/mol. The molecule has 1 N–H and O–H groups in total. The smallest absolute Gasteiger partial charge is 0.388 e. The van der Waals surface area contributed by atoms with Crippen molar-refractivity contribution in [3.8, 4) is 0 Å². The maximum atomic E-state index is 13.5. The van der Waals surface area contributed by atoms with Gasteiger partial charge in [0.2, 0.25) is 0 Å². The zero-order chi connectivity index (χ0) is 25.3. The SMILES string of the molecule is C=C(COCC(F)(F)C(F)(F)C(F)(F)C(F)(F)C(F)(F)F)CC(O)c1ccc(C)cc1C. The fraction of sp³-hybridized carbons (Fsp3) is 0.579. The van der Waals surface area contributed by atoms with Gasteiger partial charge in [-0.2, -0.15) is 48.3 Å². The molecule has 0 amide bonds. The maximum Gasteiger partial charge on any atom is 0.460 e. The number of benzene rings is 1. The Morgan fingerprint density at radius 1 is 0.906 bits per heavy atom. The molecule has 13 heteroatoms. The van der Waals surface area contributed by atoms with Crippen molar-refractivity contribution in [2.24, 2.45) is 0 Å². The van der Waals surface area contributed by atoms with E-state index in [2.05, 4.69) is 11.3 Å². The third-order valence-electron chi connectivity index (χ3n) is 4.46. The second-order valence-corrected chi connectivity index (χ2v) is 7.25. The molecule has 0 bridgehead atoms. The first-order valence-electron chi connectivity index (χ1n) is 8.76. The van der Waals surface area contributed by atoms with E-state index in [-0.39, 0.29) is 12.0 Å².